The first-order chi connectivity index (χ1) is 8.31. The molecule has 0 radical (unpaired) electrons. The Bertz CT molecular complexity index is 364. The summed E-state index contributed by atoms with van der Waals surface area (Å²) in [5, 5.41) is 7.01. The zero-order chi connectivity index (χ0) is 12.1. The van der Waals surface area contributed by atoms with Gasteiger partial charge in [-0.3, -0.25) is 9.89 Å². The van der Waals surface area contributed by atoms with Gasteiger partial charge >= 0.3 is 0 Å². The van der Waals surface area contributed by atoms with Gasteiger partial charge in [0.1, 0.15) is 5.69 Å². The molecule has 2 heterocycles. The van der Waals surface area contributed by atoms with E-state index >= 15 is 0 Å². The molecule has 4 nitrogen and oxygen atoms in total. The van der Waals surface area contributed by atoms with Crippen molar-refractivity contribution in [2.75, 3.05) is 13.1 Å². The number of hydrogen-bond donors (Lipinski definition) is 1. The van der Waals surface area contributed by atoms with Gasteiger partial charge in [-0.2, -0.15) is 5.10 Å². The van der Waals surface area contributed by atoms with Crippen LogP contribution in [0.1, 0.15) is 55.2 Å². The number of nitrogens with one attached hydrogen (secondary N) is 1. The SMILES string of the molecule is CCc1cc(C(=O)N2CCCCCCC2)n[nH]1. The number of hydrogen-bond acceptors (Lipinski definition) is 2. The minimum atomic E-state index is 0.0860. The van der Waals surface area contributed by atoms with Gasteiger partial charge in [0, 0.05) is 18.8 Å². The van der Waals surface area contributed by atoms with Crippen LogP contribution >= 0.6 is 0 Å². The van der Waals surface area contributed by atoms with Crippen LogP contribution in [0.3, 0.4) is 0 Å². The zero-order valence-corrected chi connectivity index (χ0v) is 10.5. The molecule has 1 aromatic heterocycles. The monoisotopic (exact) mass is 235 g/mol. The lowest BCUT2D eigenvalue weighted by Crippen LogP contribution is -2.34. The Morgan fingerprint density at radius 3 is 2.53 bits per heavy atom. The van der Waals surface area contributed by atoms with E-state index in [2.05, 4.69) is 17.1 Å². The van der Waals surface area contributed by atoms with Crippen molar-refractivity contribution in [2.45, 2.75) is 45.4 Å². The third-order valence-electron chi connectivity index (χ3n) is 3.37. The van der Waals surface area contributed by atoms with Gasteiger partial charge in [-0.15, -0.1) is 0 Å². The van der Waals surface area contributed by atoms with Gasteiger partial charge in [-0.25, -0.2) is 0 Å². The van der Waals surface area contributed by atoms with Crippen molar-refractivity contribution in [3.63, 3.8) is 0 Å². The lowest BCUT2D eigenvalue weighted by atomic mass is 10.1. The largest absolute Gasteiger partial charge is 0.337 e. The summed E-state index contributed by atoms with van der Waals surface area (Å²) < 4.78 is 0. The molecule has 0 spiro atoms. The summed E-state index contributed by atoms with van der Waals surface area (Å²) in [5.74, 6) is 0.0860. The number of rotatable bonds is 2. The molecule has 4 heteroatoms. The number of H-pyrrole nitrogens is 1. The number of nitrogens with zero attached hydrogens (tertiary/aromatic N) is 2. The number of likely N-dealkylation sites (tertiary alicyclic amines) is 1. The maximum Gasteiger partial charge on any atom is 0.274 e. The zero-order valence-electron chi connectivity index (χ0n) is 10.5. The van der Waals surface area contributed by atoms with Crippen LogP contribution in [-0.2, 0) is 6.42 Å². The van der Waals surface area contributed by atoms with E-state index in [0.717, 1.165) is 38.0 Å². The van der Waals surface area contributed by atoms with Gasteiger partial charge < -0.3 is 4.90 Å². The van der Waals surface area contributed by atoms with Gasteiger partial charge in [-0.1, -0.05) is 26.2 Å². The summed E-state index contributed by atoms with van der Waals surface area (Å²) in [4.78, 5) is 14.2. The maximum atomic E-state index is 12.2. The molecule has 1 amide bonds. The summed E-state index contributed by atoms with van der Waals surface area (Å²) in [5.41, 5.74) is 1.60. The fourth-order valence-corrected chi connectivity index (χ4v) is 2.26. The Kier molecular flexibility index (Phi) is 4.18. The number of aromatic nitrogens is 2. The standard InChI is InChI=1S/C13H21N3O/c1-2-11-10-12(15-14-11)13(17)16-8-6-4-3-5-7-9-16/h10H,2-9H2,1H3,(H,14,15). The molecule has 0 aromatic carbocycles. The van der Waals surface area contributed by atoms with Gasteiger partial charge in [-0.05, 0) is 25.3 Å². The molecule has 0 bridgehead atoms. The normalized spacial score (nSPS) is 17.6. The van der Waals surface area contributed by atoms with Gasteiger partial charge in [0.2, 0.25) is 0 Å². The molecule has 0 atom stereocenters. The highest BCUT2D eigenvalue weighted by Gasteiger charge is 2.18. The molecule has 2 rings (SSSR count). The first kappa shape index (κ1) is 12.1. The molecule has 1 aliphatic rings. The van der Waals surface area contributed by atoms with E-state index in [9.17, 15) is 4.79 Å². The van der Waals surface area contributed by atoms with Gasteiger partial charge in [0.15, 0.2) is 0 Å². The van der Waals surface area contributed by atoms with Gasteiger partial charge in [0.25, 0.3) is 5.91 Å². The molecule has 1 N–H and O–H groups in total. The molecule has 0 unspecified atom stereocenters. The highest BCUT2D eigenvalue weighted by atomic mass is 16.2. The second-order valence-electron chi connectivity index (χ2n) is 4.69. The van der Waals surface area contributed by atoms with Crippen LogP contribution in [0, 0.1) is 0 Å². The minimum absolute atomic E-state index is 0.0860. The molecule has 0 saturated carbocycles. The maximum absolute atomic E-state index is 12.2. The van der Waals surface area contributed by atoms with Crippen LogP contribution in [0.25, 0.3) is 0 Å². The van der Waals surface area contributed by atoms with Crippen LogP contribution < -0.4 is 0 Å². The Morgan fingerprint density at radius 1 is 1.29 bits per heavy atom. The summed E-state index contributed by atoms with van der Waals surface area (Å²) >= 11 is 0. The molecule has 0 aliphatic carbocycles. The van der Waals surface area contributed by atoms with Gasteiger partial charge in [0.05, 0.1) is 0 Å². The van der Waals surface area contributed by atoms with Crippen LogP contribution in [0.5, 0.6) is 0 Å². The highest BCUT2D eigenvalue weighted by molar-refractivity contribution is 5.92. The summed E-state index contributed by atoms with van der Waals surface area (Å²) in [7, 11) is 0. The van der Waals surface area contributed by atoms with Crippen molar-refractivity contribution >= 4 is 5.91 Å². The van der Waals surface area contributed by atoms with E-state index in [1.807, 2.05) is 11.0 Å². The Morgan fingerprint density at radius 2 is 1.94 bits per heavy atom. The van der Waals surface area contributed by atoms with E-state index in [-0.39, 0.29) is 5.91 Å². The molecule has 1 fully saturated rings. The second-order valence-corrected chi connectivity index (χ2v) is 4.69. The van der Waals surface area contributed by atoms with Crippen LogP contribution in [0.15, 0.2) is 6.07 Å². The Labute approximate surface area is 102 Å². The predicted molar refractivity (Wildman–Crippen MR) is 67.0 cm³/mol. The molecule has 1 saturated heterocycles. The van der Waals surface area contributed by atoms with E-state index in [4.69, 9.17) is 0 Å². The Balaban J connectivity index is 2.01. The topological polar surface area (TPSA) is 49.0 Å². The average Bonchev–Trinajstić information content (AvgIpc) is 2.76. The molecule has 1 aliphatic heterocycles. The molecule has 1 aromatic rings. The minimum Gasteiger partial charge on any atom is -0.337 e. The van der Waals surface area contributed by atoms with Crippen molar-refractivity contribution in [1.82, 2.24) is 15.1 Å². The molecule has 94 valence electrons. The number of amides is 1. The van der Waals surface area contributed by atoms with E-state index in [1.54, 1.807) is 0 Å². The fraction of sp³-hybridized carbons (Fsp3) is 0.692. The van der Waals surface area contributed by atoms with E-state index in [1.165, 1.54) is 19.3 Å². The van der Waals surface area contributed by atoms with Crippen LogP contribution in [0.4, 0.5) is 0 Å². The highest BCUT2D eigenvalue weighted by Crippen LogP contribution is 2.13. The lowest BCUT2D eigenvalue weighted by Gasteiger charge is -2.23. The molecular formula is C13H21N3O. The molecule has 17 heavy (non-hydrogen) atoms. The summed E-state index contributed by atoms with van der Waals surface area (Å²) in [6.07, 6.45) is 6.92. The summed E-state index contributed by atoms with van der Waals surface area (Å²) in [6.45, 7) is 3.82. The third kappa shape index (κ3) is 3.08. The van der Waals surface area contributed by atoms with Crippen molar-refractivity contribution in [3.05, 3.63) is 17.5 Å². The number of carbonyl (C=O) groups is 1. The van der Waals surface area contributed by atoms with Crippen molar-refractivity contribution in [3.8, 4) is 0 Å². The Hall–Kier alpha value is -1.32. The summed E-state index contributed by atoms with van der Waals surface area (Å²) in [6, 6.07) is 1.88. The van der Waals surface area contributed by atoms with Crippen LogP contribution in [-0.4, -0.2) is 34.1 Å². The smallest absolute Gasteiger partial charge is 0.274 e. The second kappa shape index (κ2) is 5.84. The fourth-order valence-electron chi connectivity index (χ4n) is 2.26. The quantitative estimate of drug-likeness (QED) is 0.855. The van der Waals surface area contributed by atoms with E-state index < -0.39 is 0 Å². The lowest BCUT2D eigenvalue weighted by molar-refractivity contribution is 0.0736. The number of carbonyl (C=O) groups excluding carboxylic acids is 1. The first-order valence-corrected chi connectivity index (χ1v) is 6.65. The van der Waals surface area contributed by atoms with Crippen molar-refractivity contribution < 1.29 is 4.79 Å². The number of aromatic amines is 1. The van der Waals surface area contributed by atoms with E-state index in [0.29, 0.717) is 5.69 Å². The first-order valence-electron chi connectivity index (χ1n) is 6.65. The van der Waals surface area contributed by atoms with Crippen molar-refractivity contribution in [2.24, 2.45) is 0 Å². The number of aryl methyl sites for hydroxylation is 1. The van der Waals surface area contributed by atoms with Crippen LogP contribution in [0.2, 0.25) is 0 Å². The predicted octanol–water partition coefficient (Wildman–Crippen LogP) is 2.38. The van der Waals surface area contributed by atoms with Crippen molar-refractivity contribution in [1.29, 1.82) is 0 Å². The molecular weight excluding hydrogens is 214 g/mol. The average molecular weight is 235 g/mol. The third-order valence-corrected chi connectivity index (χ3v) is 3.37.